The number of ether oxygens (including phenoxy) is 1. The average Bonchev–Trinajstić information content (AvgIpc) is 2.68. The highest BCUT2D eigenvalue weighted by Crippen LogP contribution is 2.23. The van der Waals surface area contributed by atoms with Gasteiger partial charge in [0, 0.05) is 26.1 Å². The fourth-order valence-electron chi connectivity index (χ4n) is 3.37. The summed E-state index contributed by atoms with van der Waals surface area (Å²) in [6.45, 7) is 6.30. The van der Waals surface area contributed by atoms with Crippen LogP contribution in [0.15, 0.2) is 49.1 Å². The predicted octanol–water partition coefficient (Wildman–Crippen LogP) is 2.11. The minimum Gasteiger partial charge on any atom is -0.377 e. The summed E-state index contributed by atoms with van der Waals surface area (Å²) in [6.07, 6.45) is 4.58. The van der Waals surface area contributed by atoms with Crippen LogP contribution in [0.5, 0.6) is 0 Å². The molecule has 3 rings (SSSR count). The van der Waals surface area contributed by atoms with E-state index in [1.165, 1.54) is 17.2 Å². The zero-order chi connectivity index (χ0) is 17.6. The van der Waals surface area contributed by atoms with Gasteiger partial charge in [-0.25, -0.2) is 0 Å². The molecule has 0 spiro atoms. The normalized spacial score (nSPS) is 20.8. The Morgan fingerprint density at radius 1 is 1.24 bits per heavy atom. The van der Waals surface area contributed by atoms with E-state index in [-0.39, 0.29) is 17.9 Å². The largest absolute Gasteiger partial charge is 0.377 e. The van der Waals surface area contributed by atoms with Gasteiger partial charge in [0.15, 0.2) is 0 Å². The summed E-state index contributed by atoms with van der Waals surface area (Å²) in [7, 11) is 0. The molecule has 0 radical (unpaired) electrons. The van der Waals surface area contributed by atoms with Crippen LogP contribution >= 0.6 is 0 Å². The van der Waals surface area contributed by atoms with Crippen LogP contribution in [0.3, 0.4) is 0 Å². The zero-order valence-corrected chi connectivity index (χ0v) is 14.4. The minimum absolute atomic E-state index is 0.0701. The molecule has 2 amide bonds. The van der Waals surface area contributed by atoms with Crippen LogP contribution in [0.2, 0.25) is 0 Å². The molecule has 1 unspecified atom stereocenters. The Morgan fingerprint density at radius 2 is 2.04 bits per heavy atom. The highest BCUT2D eigenvalue weighted by Gasteiger charge is 2.29. The van der Waals surface area contributed by atoms with Crippen molar-refractivity contribution in [1.82, 2.24) is 9.80 Å². The monoisotopic (exact) mass is 340 g/mol. The lowest BCUT2D eigenvalue weighted by Gasteiger charge is -2.36. The number of rotatable bonds is 4. The lowest BCUT2D eigenvalue weighted by molar-refractivity contribution is -0.140. The van der Waals surface area contributed by atoms with E-state index in [4.69, 9.17) is 4.74 Å². The quantitative estimate of drug-likeness (QED) is 0.789. The van der Waals surface area contributed by atoms with Crippen molar-refractivity contribution in [1.29, 1.82) is 0 Å². The summed E-state index contributed by atoms with van der Waals surface area (Å²) in [4.78, 5) is 28.2. The molecule has 2 aliphatic heterocycles. The topological polar surface area (TPSA) is 49.9 Å². The molecule has 1 atom stereocenters. The predicted molar refractivity (Wildman–Crippen MR) is 96.8 cm³/mol. The number of hydrogen-bond acceptors (Lipinski definition) is 3. The van der Waals surface area contributed by atoms with Crippen LogP contribution in [0.4, 0.5) is 0 Å². The van der Waals surface area contributed by atoms with Crippen molar-refractivity contribution in [3.63, 3.8) is 0 Å². The Labute approximate surface area is 148 Å². The van der Waals surface area contributed by atoms with Gasteiger partial charge in [-0.05, 0) is 23.6 Å². The van der Waals surface area contributed by atoms with Crippen LogP contribution in [-0.4, -0.2) is 60.5 Å². The summed E-state index contributed by atoms with van der Waals surface area (Å²) in [6, 6.07) is 10.1. The number of amides is 2. The molecule has 132 valence electrons. The van der Waals surface area contributed by atoms with Crippen molar-refractivity contribution in [3.8, 4) is 0 Å². The first-order valence-corrected chi connectivity index (χ1v) is 8.72. The standard InChI is InChI=1S/C20H24N2O3/c1-2-19(23)22-12-13-25-15-18(22)14-20(24)21-10-8-17(9-11-21)16-6-4-3-5-7-16/h2-8,18H,1,9-15H2. The van der Waals surface area contributed by atoms with E-state index in [9.17, 15) is 9.59 Å². The number of morpholine rings is 1. The third-order valence-corrected chi connectivity index (χ3v) is 4.80. The number of carbonyl (C=O) groups is 2. The molecule has 1 aromatic rings. The summed E-state index contributed by atoms with van der Waals surface area (Å²) < 4.78 is 5.46. The van der Waals surface area contributed by atoms with Gasteiger partial charge >= 0.3 is 0 Å². The lowest BCUT2D eigenvalue weighted by atomic mass is 9.99. The maximum Gasteiger partial charge on any atom is 0.246 e. The van der Waals surface area contributed by atoms with E-state index in [0.29, 0.717) is 39.3 Å². The molecule has 1 saturated heterocycles. The fraction of sp³-hybridized carbons (Fsp3) is 0.400. The molecule has 25 heavy (non-hydrogen) atoms. The zero-order valence-electron chi connectivity index (χ0n) is 14.4. The van der Waals surface area contributed by atoms with Crippen molar-refractivity contribution < 1.29 is 14.3 Å². The van der Waals surface area contributed by atoms with Crippen LogP contribution in [-0.2, 0) is 14.3 Å². The third-order valence-electron chi connectivity index (χ3n) is 4.80. The van der Waals surface area contributed by atoms with E-state index < -0.39 is 0 Å². The lowest BCUT2D eigenvalue weighted by Crippen LogP contribution is -2.50. The molecular weight excluding hydrogens is 316 g/mol. The molecule has 5 heteroatoms. The van der Waals surface area contributed by atoms with Crippen LogP contribution < -0.4 is 0 Å². The van der Waals surface area contributed by atoms with Crippen molar-refractivity contribution in [2.75, 3.05) is 32.8 Å². The Balaban J connectivity index is 1.59. The molecule has 2 heterocycles. The van der Waals surface area contributed by atoms with E-state index in [1.807, 2.05) is 23.1 Å². The van der Waals surface area contributed by atoms with Crippen molar-refractivity contribution in [2.45, 2.75) is 18.9 Å². The first-order chi connectivity index (χ1) is 12.2. The van der Waals surface area contributed by atoms with Crippen molar-refractivity contribution in [3.05, 3.63) is 54.6 Å². The number of carbonyl (C=O) groups excluding carboxylic acids is 2. The Kier molecular flexibility index (Phi) is 5.66. The third kappa shape index (κ3) is 4.17. The fourth-order valence-corrected chi connectivity index (χ4v) is 3.37. The molecule has 0 aliphatic carbocycles. The van der Waals surface area contributed by atoms with E-state index in [0.717, 1.165) is 6.42 Å². The summed E-state index contributed by atoms with van der Waals surface area (Å²) in [5.74, 6) is -0.0632. The Morgan fingerprint density at radius 3 is 2.72 bits per heavy atom. The second-order valence-corrected chi connectivity index (χ2v) is 6.35. The number of benzene rings is 1. The van der Waals surface area contributed by atoms with Gasteiger partial charge in [-0.15, -0.1) is 0 Å². The average molecular weight is 340 g/mol. The SMILES string of the molecule is C=CC(=O)N1CCOCC1CC(=O)N1CC=C(c2ccccc2)CC1. The van der Waals surface area contributed by atoms with Gasteiger partial charge in [0.05, 0.1) is 19.3 Å². The van der Waals surface area contributed by atoms with Crippen molar-refractivity contribution in [2.24, 2.45) is 0 Å². The first-order valence-electron chi connectivity index (χ1n) is 8.72. The smallest absolute Gasteiger partial charge is 0.246 e. The molecule has 0 N–H and O–H groups in total. The Hall–Kier alpha value is -2.40. The minimum atomic E-state index is -0.203. The number of nitrogens with zero attached hydrogens (tertiary/aromatic N) is 2. The molecule has 0 saturated carbocycles. The maximum atomic E-state index is 12.6. The molecule has 0 aromatic heterocycles. The summed E-state index contributed by atoms with van der Waals surface area (Å²) in [5.41, 5.74) is 2.51. The van der Waals surface area contributed by atoms with Crippen LogP contribution in [0, 0.1) is 0 Å². The van der Waals surface area contributed by atoms with E-state index in [1.54, 1.807) is 4.90 Å². The summed E-state index contributed by atoms with van der Waals surface area (Å²) in [5, 5.41) is 0. The van der Waals surface area contributed by atoms with E-state index >= 15 is 0 Å². The van der Waals surface area contributed by atoms with E-state index in [2.05, 4.69) is 24.8 Å². The van der Waals surface area contributed by atoms with Gasteiger partial charge in [-0.1, -0.05) is 43.0 Å². The first kappa shape index (κ1) is 17.4. The highest BCUT2D eigenvalue weighted by molar-refractivity contribution is 5.88. The van der Waals surface area contributed by atoms with Gasteiger partial charge in [0.25, 0.3) is 0 Å². The maximum absolute atomic E-state index is 12.6. The summed E-state index contributed by atoms with van der Waals surface area (Å²) >= 11 is 0. The van der Waals surface area contributed by atoms with Gasteiger partial charge in [-0.2, -0.15) is 0 Å². The number of hydrogen-bond donors (Lipinski definition) is 0. The van der Waals surface area contributed by atoms with Crippen molar-refractivity contribution >= 4 is 17.4 Å². The molecule has 1 fully saturated rings. The highest BCUT2D eigenvalue weighted by atomic mass is 16.5. The molecular formula is C20H24N2O3. The Bertz CT molecular complexity index is 669. The van der Waals surface area contributed by atoms with Gasteiger partial charge < -0.3 is 14.5 Å². The molecule has 0 bridgehead atoms. The van der Waals surface area contributed by atoms with Gasteiger partial charge in [0.1, 0.15) is 0 Å². The molecule has 2 aliphatic rings. The van der Waals surface area contributed by atoms with Gasteiger partial charge in [-0.3, -0.25) is 9.59 Å². The van der Waals surface area contributed by atoms with Crippen LogP contribution in [0.25, 0.3) is 5.57 Å². The molecule has 1 aromatic carbocycles. The second kappa shape index (κ2) is 8.12. The molecule has 5 nitrogen and oxygen atoms in total. The van der Waals surface area contributed by atoms with Gasteiger partial charge in [0.2, 0.25) is 11.8 Å². The second-order valence-electron chi connectivity index (χ2n) is 6.35. The van der Waals surface area contributed by atoms with Crippen LogP contribution in [0.1, 0.15) is 18.4 Å².